The Morgan fingerprint density at radius 3 is 2.56 bits per heavy atom. The molecule has 0 bridgehead atoms. The summed E-state index contributed by atoms with van der Waals surface area (Å²) in [5.41, 5.74) is 4.92. The fraction of sp³-hybridized carbons (Fsp3) is 0.182. The molecule has 5 rings (SSSR count). The van der Waals surface area contributed by atoms with Crippen LogP contribution in [-0.4, -0.2) is 24.2 Å². The lowest BCUT2D eigenvalue weighted by atomic mass is 9.95. The van der Waals surface area contributed by atoms with E-state index in [4.69, 9.17) is 20.9 Å². The molecule has 2 heterocycles. The van der Waals surface area contributed by atoms with E-state index in [1.54, 1.807) is 24.7 Å². The second kappa shape index (κ2) is 13.1. The van der Waals surface area contributed by atoms with Gasteiger partial charge in [0.1, 0.15) is 18.1 Å². The number of rotatable bonds is 7. The Hall–Kier alpha value is -3.41. The van der Waals surface area contributed by atoms with Gasteiger partial charge in [0.05, 0.1) is 32.5 Å². The van der Waals surface area contributed by atoms with Crippen molar-refractivity contribution in [3.05, 3.63) is 115 Å². The van der Waals surface area contributed by atoms with Crippen LogP contribution < -0.4 is 29.7 Å². The van der Waals surface area contributed by atoms with Crippen LogP contribution in [0.25, 0.3) is 6.08 Å². The number of anilines is 1. The zero-order valence-electron chi connectivity index (χ0n) is 23.8. The number of carbonyl (C=O) groups excluding carboxylic acids is 1. The van der Waals surface area contributed by atoms with Crippen LogP contribution in [0.4, 0.5) is 5.69 Å². The van der Waals surface area contributed by atoms with Crippen molar-refractivity contribution in [3.63, 3.8) is 0 Å². The molecule has 1 aliphatic heterocycles. The number of aromatic nitrogens is 1. The Bertz CT molecular complexity index is 2000. The Kier molecular flexibility index (Phi) is 9.43. The first-order valence-corrected chi connectivity index (χ1v) is 16.2. The molecule has 0 aliphatic carbocycles. The molecule has 4 aromatic rings. The maximum absolute atomic E-state index is 14.2. The van der Waals surface area contributed by atoms with Gasteiger partial charge in [0.15, 0.2) is 4.80 Å². The number of thiazole rings is 1. The van der Waals surface area contributed by atoms with E-state index in [1.807, 2.05) is 68.4 Å². The third-order valence-corrected chi connectivity index (χ3v) is 9.36. The van der Waals surface area contributed by atoms with Crippen molar-refractivity contribution >= 4 is 74.2 Å². The lowest BCUT2D eigenvalue weighted by molar-refractivity contribution is -0.113. The number of terminal acetylenes is 1. The van der Waals surface area contributed by atoms with E-state index >= 15 is 0 Å². The van der Waals surface area contributed by atoms with Crippen LogP contribution in [0, 0.1) is 33.3 Å². The van der Waals surface area contributed by atoms with E-state index in [0.29, 0.717) is 37.8 Å². The number of benzene rings is 3. The van der Waals surface area contributed by atoms with E-state index in [-0.39, 0.29) is 18.1 Å². The highest BCUT2D eigenvalue weighted by Gasteiger charge is 2.32. The van der Waals surface area contributed by atoms with Gasteiger partial charge in [-0.1, -0.05) is 47.1 Å². The van der Waals surface area contributed by atoms with Crippen LogP contribution in [0.3, 0.4) is 0 Å². The molecule has 7 nitrogen and oxygen atoms in total. The average molecular weight is 815 g/mol. The molecule has 1 atom stereocenters. The number of fused-ring (bicyclic) bond motifs is 1. The summed E-state index contributed by atoms with van der Waals surface area (Å²) in [4.78, 5) is 33.4. The zero-order valence-corrected chi connectivity index (χ0v) is 29.0. The van der Waals surface area contributed by atoms with Gasteiger partial charge in [-0.2, -0.15) is 0 Å². The third-order valence-electron chi connectivity index (χ3n) is 6.95. The Morgan fingerprint density at radius 1 is 1.14 bits per heavy atom. The van der Waals surface area contributed by atoms with Crippen molar-refractivity contribution in [2.75, 3.05) is 19.0 Å². The van der Waals surface area contributed by atoms with Crippen molar-refractivity contribution < 1.29 is 14.3 Å². The number of allylic oxidation sites excluding steroid dienone is 1. The predicted molar refractivity (Wildman–Crippen MR) is 188 cm³/mol. The summed E-state index contributed by atoms with van der Waals surface area (Å²) in [6.07, 6.45) is 7.26. The molecule has 1 aromatic heterocycles. The molecule has 0 saturated carbocycles. The van der Waals surface area contributed by atoms with Crippen molar-refractivity contribution in [2.24, 2.45) is 4.99 Å². The second-order valence-corrected chi connectivity index (χ2v) is 13.3. The highest BCUT2D eigenvalue weighted by atomic mass is 127. The first-order chi connectivity index (χ1) is 20.6. The van der Waals surface area contributed by atoms with Gasteiger partial charge in [-0.25, -0.2) is 4.99 Å². The number of ether oxygens (including phenoxy) is 2. The second-order valence-electron chi connectivity index (χ2n) is 9.93. The van der Waals surface area contributed by atoms with Gasteiger partial charge >= 0.3 is 0 Å². The van der Waals surface area contributed by atoms with E-state index in [9.17, 15) is 9.59 Å². The smallest absolute Gasteiger partial charge is 0.271 e. The molecule has 10 heteroatoms. The van der Waals surface area contributed by atoms with Gasteiger partial charge in [0.25, 0.3) is 11.5 Å². The Balaban J connectivity index is 1.68. The van der Waals surface area contributed by atoms with Gasteiger partial charge in [-0.15, -0.1) is 6.42 Å². The number of nitrogens with one attached hydrogen (secondary N) is 1. The molecule has 0 fully saturated rings. The molecule has 0 spiro atoms. The van der Waals surface area contributed by atoms with E-state index < -0.39 is 6.04 Å². The first kappa shape index (κ1) is 31.0. The van der Waals surface area contributed by atoms with Gasteiger partial charge in [0, 0.05) is 14.8 Å². The van der Waals surface area contributed by atoms with Crippen molar-refractivity contribution in [1.29, 1.82) is 0 Å². The molecular weight excluding hydrogens is 788 g/mol. The highest BCUT2D eigenvalue weighted by Crippen LogP contribution is 2.33. The standard InChI is InChI=1S/C33H27I2N3O4S/c1-6-13-42-30-22(15-23(34)17-25(30)35)16-27-32(40)38-29(21-8-10-24(41-5)11-9-21)28(20(4)36-33(38)43-27)31(39)37-26-12-7-18(2)14-19(26)3/h1,7-12,14-17,29H,13H2,2-5H3,(H,37,39)/b27-16-/t29-/m1/s1. The maximum Gasteiger partial charge on any atom is 0.271 e. The molecule has 1 aliphatic rings. The number of aryl methyl sites for hydroxylation is 2. The van der Waals surface area contributed by atoms with Crippen LogP contribution in [0.1, 0.15) is 35.2 Å². The van der Waals surface area contributed by atoms with Crippen molar-refractivity contribution in [2.45, 2.75) is 26.8 Å². The highest BCUT2D eigenvalue weighted by molar-refractivity contribution is 14.1. The normalized spacial score (nSPS) is 14.5. The summed E-state index contributed by atoms with van der Waals surface area (Å²) >= 11 is 5.71. The largest absolute Gasteiger partial charge is 0.497 e. The van der Waals surface area contributed by atoms with Crippen LogP contribution >= 0.6 is 56.5 Å². The molecule has 0 saturated heterocycles. The van der Waals surface area contributed by atoms with Gasteiger partial charge < -0.3 is 14.8 Å². The SMILES string of the molecule is C#CCOc1c(I)cc(I)cc1/C=c1\sc2n(c1=O)[C@H](c1ccc(OC)cc1)C(C(=O)Nc1ccc(C)cc1C)=C(C)N=2. The molecule has 218 valence electrons. The fourth-order valence-corrected chi connectivity index (χ4v) is 8.03. The number of amides is 1. The summed E-state index contributed by atoms with van der Waals surface area (Å²) in [5.74, 6) is 3.47. The maximum atomic E-state index is 14.2. The molecule has 1 N–H and O–H groups in total. The number of hydrogen-bond acceptors (Lipinski definition) is 6. The van der Waals surface area contributed by atoms with Crippen LogP contribution in [0.5, 0.6) is 11.5 Å². The van der Waals surface area contributed by atoms with Gasteiger partial charge in [-0.3, -0.25) is 14.2 Å². The Morgan fingerprint density at radius 2 is 1.88 bits per heavy atom. The van der Waals surface area contributed by atoms with Crippen LogP contribution in [-0.2, 0) is 4.79 Å². The Labute approximate surface area is 280 Å². The summed E-state index contributed by atoms with van der Waals surface area (Å²) in [6, 6.07) is 16.5. The van der Waals surface area contributed by atoms with Crippen molar-refractivity contribution in [1.82, 2.24) is 4.57 Å². The van der Waals surface area contributed by atoms with Gasteiger partial charge in [0.2, 0.25) is 0 Å². The zero-order chi connectivity index (χ0) is 30.8. The molecule has 3 aromatic carbocycles. The lowest BCUT2D eigenvalue weighted by Crippen LogP contribution is -2.40. The van der Waals surface area contributed by atoms with E-state index in [1.165, 1.54) is 11.3 Å². The number of hydrogen-bond donors (Lipinski definition) is 1. The van der Waals surface area contributed by atoms with Gasteiger partial charge in [-0.05, 0) is 113 Å². The monoisotopic (exact) mass is 815 g/mol. The summed E-state index contributed by atoms with van der Waals surface area (Å²) in [6.45, 7) is 5.87. The van der Waals surface area contributed by atoms with Crippen LogP contribution in [0.2, 0.25) is 0 Å². The number of carbonyl (C=O) groups is 1. The van der Waals surface area contributed by atoms with E-state index in [0.717, 1.165) is 29.4 Å². The molecule has 0 radical (unpaired) electrons. The third kappa shape index (κ3) is 6.44. The minimum absolute atomic E-state index is 0.105. The molecular formula is C33H27I2N3O4S. The van der Waals surface area contributed by atoms with Crippen LogP contribution in [0.15, 0.2) is 75.7 Å². The number of nitrogens with zero attached hydrogens (tertiary/aromatic N) is 2. The molecule has 1 amide bonds. The minimum Gasteiger partial charge on any atom is -0.497 e. The summed E-state index contributed by atoms with van der Waals surface area (Å²) in [7, 11) is 1.60. The van der Waals surface area contributed by atoms with Crippen molar-refractivity contribution in [3.8, 4) is 23.8 Å². The fourth-order valence-electron chi connectivity index (χ4n) is 4.95. The first-order valence-electron chi connectivity index (χ1n) is 13.2. The van der Waals surface area contributed by atoms with E-state index in [2.05, 4.69) is 56.4 Å². The number of methoxy groups -OCH3 is 1. The summed E-state index contributed by atoms with van der Waals surface area (Å²) < 4.78 is 15.2. The number of halogens is 2. The quantitative estimate of drug-likeness (QED) is 0.191. The predicted octanol–water partition coefficient (Wildman–Crippen LogP) is 5.72. The average Bonchev–Trinajstić information content (AvgIpc) is 3.27. The minimum atomic E-state index is -0.705. The summed E-state index contributed by atoms with van der Waals surface area (Å²) in [5, 5.41) is 3.06. The topological polar surface area (TPSA) is 81.9 Å². The molecule has 43 heavy (non-hydrogen) atoms. The molecule has 0 unspecified atom stereocenters. The lowest BCUT2D eigenvalue weighted by Gasteiger charge is -2.25.